The maximum absolute atomic E-state index is 14.6. The van der Waals surface area contributed by atoms with Crippen LogP contribution in [0.3, 0.4) is 0 Å². The largest absolute Gasteiger partial charge is 0.369 e. The molecule has 4 N–H and O–H groups in total. The number of carbonyl (C=O) groups is 1. The molecule has 1 aliphatic carbocycles. The number of benzene rings is 1. The molecule has 36 heavy (non-hydrogen) atoms. The molecular weight excluding hydrogens is 499 g/mol. The summed E-state index contributed by atoms with van der Waals surface area (Å²) in [5, 5.41) is 5.83. The molecule has 1 amide bonds. The molecule has 2 fully saturated rings. The third kappa shape index (κ3) is 5.05. The Kier molecular flexibility index (Phi) is 6.89. The second-order valence-electron chi connectivity index (χ2n) is 9.13. The minimum Gasteiger partial charge on any atom is -0.369 e. The van der Waals surface area contributed by atoms with Crippen molar-refractivity contribution in [3.8, 4) is 0 Å². The van der Waals surface area contributed by atoms with Gasteiger partial charge in [-0.2, -0.15) is 4.98 Å². The Morgan fingerprint density at radius 1 is 1.14 bits per heavy atom. The Morgan fingerprint density at radius 3 is 2.53 bits per heavy atom. The maximum Gasteiger partial charge on any atom is 0.224 e. The number of alkyl halides is 1. The first-order valence-corrected chi connectivity index (χ1v) is 12.1. The lowest BCUT2D eigenvalue weighted by atomic mass is 9.85. The van der Waals surface area contributed by atoms with Crippen molar-refractivity contribution in [1.29, 1.82) is 0 Å². The average Bonchev–Trinajstić information content (AvgIpc) is 3.18. The minimum atomic E-state index is -1.36. The number of nitrogens with zero attached hydrogens (tertiary/aromatic N) is 4. The predicted molar refractivity (Wildman–Crippen MR) is 128 cm³/mol. The molecule has 9 nitrogen and oxygen atoms in total. The van der Waals surface area contributed by atoms with E-state index in [4.69, 9.17) is 22.1 Å². The van der Waals surface area contributed by atoms with E-state index in [2.05, 4.69) is 25.6 Å². The van der Waals surface area contributed by atoms with Gasteiger partial charge in [-0.05, 0) is 44.2 Å². The molecule has 13 heteroatoms. The summed E-state index contributed by atoms with van der Waals surface area (Å²) in [5.74, 6) is -1.86. The highest BCUT2D eigenvalue weighted by molar-refractivity contribution is 6.30. The second-order valence-corrected chi connectivity index (χ2v) is 9.57. The highest BCUT2D eigenvalue weighted by Crippen LogP contribution is 2.38. The third-order valence-electron chi connectivity index (χ3n) is 6.71. The van der Waals surface area contributed by atoms with Crippen molar-refractivity contribution < 1.29 is 22.7 Å². The summed E-state index contributed by atoms with van der Waals surface area (Å²) >= 11 is 5.77. The van der Waals surface area contributed by atoms with Crippen LogP contribution < -0.4 is 16.4 Å². The minimum absolute atomic E-state index is 0.0703. The normalized spacial score (nSPS) is 24.6. The van der Waals surface area contributed by atoms with Gasteiger partial charge in [0.25, 0.3) is 0 Å². The van der Waals surface area contributed by atoms with Gasteiger partial charge in [0.05, 0.1) is 12.8 Å². The van der Waals surface area contributed by atoms with Crippen LogP contribution in [0.2, 0.25) is 5.02 Å². The fraction of sp³-hybridized carbons (Fsp3) is 0.478. The van der Waals surface area contributed by atoms with Gasteiger partial charge < -0.3 is 21.1 Å². The zero-order chi connectivity index (χ0) is 25.4. The van der Waals surface area contributed by atoms with Crippen LogP contribution >= 0.6 is 11.6 Å². The number of nitrogens with one attached hydrogen (secondary N) is 2. The predicted octanol–water partition coefficient (Wildman–Crippen LogP) is 4.60. The number of rotatable bonds is 6. The molecule has 3 heterocycles. The number of aromatic nitrogens is 4. The SMILES string of the molecule is NC(=O)C1CCC(n2c(Nc3c(F)cc(Cl)cc3F)nc3cnc(N[C@H]4CCO[C@@H](F)C4)nc32)CC1. The quantitative estimate of drug-likeness (QED) is 0.431. The molecule has 192 valence electrons. The van der Waals surface area contributed by atoms with Crippen molar-refractivity contribution >= 4 is 46.3 Å². The Bertz CT molecular complexity index is 1260. The van der Waals surface area contributed by atoms with Crippen molar-refractivity contribution in [1.82, 2.24) is 19.5 Å². The molecule has 0 radical (unpaired) electrons. The fourth-order valence-corrected chi connectivity index (χ4v) is 5.04. The first kappa shape index (κ1) is 24.6. The van der Waals surface area contributed by atoms with Crippen LogP contribution in [0, 0.1) is 17.6 Å². The molecule has 1 saturated heterocycles. The highest BCUT2D eigenvalue weighted by Gasteiger charge is 2.30. The number of primary amides is 1. The fourth-order valence-electron chi connectivity index (χ4n) is 4.85. The Labute approximate surface area is 209 Å². The first-order valence-electron chi connectivity index (χ1n) is 11.8. The van der Waals surface area contributed by atoms with Crippen LogP contribution in [0.1, 0.15) is 44.6 Å². The van der Waals surface area contributed by atoms with Crippen LogP contribution in [0.15, 0.2) is 18.3 Å². The first-order chi connectivity index (χ1) is 17.3. The summed E-state index contributed by atoms with van der Waals surface area (Å²) in [5.41, 5.74) is 5.94. The lowest BCUT2D eigenvalue weighted by Gasteiger charge is -2.29. The van der Waals surface area contributed by atoms with E-state index in [0.29, 0.717) is 43.3 Å². The summed E-state index contributed by atoms with van der Waals surface area (Å²) in [4.78, 5) is 25.1. The number of carbonyl (C=O) groups excluding carboxylic acids is 1. The molecule has 0 unspecified atom stereocenters. The number of imidazole rings is 1. The summed E-state index contributed by atoms with van der Waals surface area (Å²) in [6.45, 7) is 0.286. The van der Waals surface area contributed by atoms with Gasteiger partial charge in [-0.1, -0.05) is 11.6 Å². The average molecular weight is 524 g/mol. The molecule has 0 spiro atoms. The molecule has 2 atom stereocenters. The van der Waals surface area contributed by atoms with Crippen LogP contribution in [0.5, 0.6) is 0 Å². The number of ether oxygens (including phenoxy) is 1. The zero-order valence-corrected chi connectivity index (χ0v) is 19.9. The summed E-state index contributed by atoms with van der Waals surface area (Å²) in [7, 11) is 0. The molecule has 3 aromatic rings. The number of halogens is 4. The molecule has 5 rings (SSSR count). The van der Waals surface area contributed by atoms with Gasteiger partial charge in [-0.15, -0.1) is 0 Å². The van der Waals surface area contributed by atoms with Crippen LogP contribution in [-0.2, 0) is 9.53 Å². The lowest BCUT2D eigenvalue weighted by molar-refractivity contribution is -0.122. The molecule has 0 bridgehead atoms. The van der Waals surface area contributed by atoms with Gasteiger partial charge >= 0.3 is 0 Å². The van der Waals surface area contributed by atoms with Crippen LogP contribution in [0.4, 0.5) is 30.8 Å². The van der Waals surface area contributed by atoms with Crippen molar-refractivity contribution in [2.24, 2.45) is 11.7 Å². The number of hydrogen-bond acceptors (Lipinski definition) is 7. The van der Waals surface area contributed by atoms with E-state index >= 15 is 0 Å². The number of amides is 1. The lowest BCUT2D eigenvalue weighted by Crippen LogP contribution is -2.32. The van der Waals surface area contributed by atoms with E-state index in [-0.39, 0.29) is 53.9 Å². The van der Waals surface area contributed by atoms with E-state index < -0.39 is 23.7 Å². The van der Waals surface area contributed by atoms with Crippen LogP contribution in [0.25, 0.3) is 11.2 Å². The van der Waals surface area contributed by atoms with Crippen molar-refractivity contribution in [2.45, 2.75) is 57.0 Å². The van der Waals surface area contributed by atoms with E-state index in [1.807, 2.05) is 0 Å². The molecular formula is C23H25ClF3N7O2. The molecule has 1 aromatic carbocycles. The maximum atomic E-state index is 14.6. The van der Waals surface area contributed by atoms with E-state index in [1.54, 1.807) is 4.57 Å². The van der Waals surface area contributed by atoms with Gasteiger partial charge in [0.15, 0.2) is 17.3 Å². The van der Waals surface area contributed by atoms with E-state index in [0.717, 1.165) is 12.1 Å². The topological polar surface area (TPSA) is 120 Å². The Hall–Kier alpha value is -3.12. The number of anilines is 3. The third-order valence-corrected chi connectivity index (χ3v) is 6.93. The summed E-state index contributed by atoms with van der Waals surface area (Å²) in [6.07, 6.45) is 3.23. The summed E-state index contributed by atoms with van der Waals surface area (Å²) in [6, 6.07) is 1.65. The monoisotopic (exact) mass is 523 g/mol. The number of nitrogens with two attached hydrogens (primary N) is 1. The molecule has 2 aliphatic rings. The van der Waals surface area contributed by atoms with Crippen molar-refractivity contribution in [2.75, 3.05) is 17.2 Å². The standard InChI is InChI=1S/C23H25ClF3N7O2/c24-12-7-15(25)19(16(26)8-12)32-23-31-17-10-29-22(30-13-5-6-36-18(27)9-13)33-21(17)34(23)14-3-1-11(2-4-14)20(28)35/h7-8,10-11,13-14,18H,1-6,9H2,(H2,28,35)(H,31,32)(H,29,30,33)/t11?,13-,14?,18+/m0/s1. The van der Waals surface area contributed by atoms with Gasteiger partial charge in [-0.25, -0.2) is 23.1 Å². The summed E-state index contributed by atoms with van der Waals surface area (Å²) < 4.78 is 49.5. The second kappa shape index (κ2) is 10.1. The zero-order valence-electron chi connectivity index (χ0n) is 19.2. The van der Waals surface area contributed by atoms with Gasteiger partial charge in [-0.3, -0.25) is 9.36 Å². The van der Waals surface area contributed by atoms with Crippen molar-refractivity contribution in [3.63, 3.8) is 0 Å². The molecule has 1 aliphatic heterocycles. The van der Waals surface area contributed by atoms with Gasteiger partial charge in [0.1, 0.15) is 11.2 Å². The Morgan fingerprint density at radius 2 is 1.86 bits per heavy atom. The highest BCUT2D eigenvalue weighted by atomic mass is 35.5. The smallest absolute Gasteiger partial charge is 0.224 e. The Balaban J connectivity index is 1.51. The van der Waals surface area contributed by atoms with E-state index in [1.165, 1.54) is 6.20 Å². The van der Waals surface area contributed by atoms with E-state index in [9.17, 15) is 18.0 Å². The number of hydrogen-bond donors (Lipinski definition) is 3. The van der Waals surface area contributed by atoms with Crippen LogP contribution in [-0.4, -0.2) is 44.4 Å². The molecule has 1 saturated carbocycles. The van der Waals surface area contributed by atoms with Gasteiger partial charge in [0, 0.05) is 29.4 Å². The van der Waals surface area contributed by atoms with Crippen molar-refractivity contribution in [3.05, 3.63) is 35.0 Å². The number of fused-ring (bicyclic) bond motifs is 1. The molecule has 2 aromatic heterocycles. The van der Waals surface area contributed by atoms with Gasteiger partial charge in [0.2, 0.25) is 24.2 Å².